The minimum absolute atomic E-state index is 0.0504. The van der Waals surface area contributed by atoms with Gasteiger partial charge in [-0.05, 0) is 25.1 Å². The molecule has 0 aliphatic carbocycles. The Morgan fingerprint density at radius 2 is 2.00 bits per heavy atom. The second-order valence-electron chi connectivity index (χ2n) is 5.97. The second-order valence-corrected chi connectivity index (χ2v) is 8.10. The number of morpholine rings is 1. The lowest BCUT2D eigenvalue weighted by molar-refractivity contribution is 0.0374. The van der Waals surface area contributed by atoms with Crippen molar-refractivity contribution in [3.8, 4) is 0 Å². The number of carbonyl (C=O) groups is 1. The van der Waals surface area contributed by atoms with Gasteiger partial charge in [-0.3, -0.25) is 9.69 Å². The number of fused-ring (bicyclic) bond motifs is 3. The number of thiophene rings is 2. The molecule has 1 N–H and O–H groups in total. The summed E-state index contributed by atoms with van der Waals surface area (Å²) in [5.74, 6) is 0.0504. The summed E-state index contributed by atoms with van der Waals surface area (Å²) in [5, 5.41) is 4.31. The average Bonchev–Trinajstić information content (AvgIpc) is 3.17. The Morgan fingerprint density at radius 3 is 2.88 bits per heavy atom. The fourth-order valence-electron chi connectivity index (χ4n) is 3.03. The van der Waals surface area contributed by atoms with E-state index in [1.54, 1.807) is 22.7 Å². The van der Waals surface area contributed by atoms with Crippen LogP contribution in [-0.4, -0.2) is 50.2 Å². The van der Waals surface area contributed by atoms with Crippen LogP contribution >= 0.6 is 22.7 Å². The molecule has 1 aliphatic rings. The van der Waals surface area contributed by atoms with E-state index in [1.165, 1.54) is 19.5 Å². The van der Waals surface area contributed by atoms with Crippen LogP contribution in [0.25, 0.3) is 19.5 Å². The first kappa shape index (κ1) is 16.0. The summed E-state index contributed by atoms with van der Waals surface area (Å²) in [7, 11) is 0. The zero-order chi connectivity index (χ0) is 16.4. The molecular formula is C18H20N2O2S2. The van der Waals surface area contributed by atoms with Crippen LogP contribution in [0.3, 0.4) is 0 Å². The Kier molecular flexibility index (Phi) is 4.80. The van der Waals surface area contributed by atoms with E-state index in [2.05, 4.69) is 34.5 Å². The topological polar surface area (TPSA) is 41.6 Å². The lowest BCUT2D eigenvalue weighted by Crippen LogP contribution is -2.38. The number of hydrogen-bond acceptors (Lipinski definition) is 5. The van der Waals surface area contributed by atoms with Crippen LogP contribution in [0.1, 0.15) is 16.1 Å². The summed E-state index contributed by atoms with van der Waals surface area (Å²) in [5.41, 5.74) is 0. The molecule has 2 aromatic heterocycles. The third-order valence-electron chi connectivity index (χ3n) is 4.31. The van der Waals surface area contributed by atoms with Crippen molar-refractivity contribution in [2.75, 3.05) is 39.4 Å². The number of benzene rings is 1. The molecule has 24 heavy (non-hydrogen) atoms. The fraction of sp³-hybridized carbons (Fsp3) is 0.389. The van der Waals surface area contributed by atoms with Crippen molar-refractivity contribution >= 4 is 48.1 Å². The van der Waals surface area contributed by atoms with Crippen LogP contribution in [0, 0.1) is 0 Å². The molecule has 126 valence electrons. The molecule has 0 radical (unpaired) electrons. The van der Waals surface area contributed by atoms with Gasteiger partial charge in [0.1, 0.15) is 0 Å². The maximum Gasteiger partial charge on any atom is 0.261 e. The molecule has 0 bridgehead atoms. The van der Waals surface area contributed by atoms with Gasteiger partial charge in [-0.2, -0.15) is 0 Å². The number of ether oxygens (including phenoxy) is 1. The Labute approximate surface area is 149 Å². The van der Waals surface area contributed by atoms with E-state index in [4.69, 9.17) is 4.74 Å². The van der Waals surface area contributed by atoms with Crippen molar-refractivity contribution in [3.63, 3.8) is 0 Å². The Balaban J connectivity index is 1.35. The highest BCUT2D eigenvalue weighted by molar-refractivity contribution is 7.33. The Morgan fingerprint density at radius 1 is 1.17 bits per heavy atom. The first-order chi connectivity index (χ1) is 11.8. The number of nitrogens with one attached hydrogen (secondary N) is 1. The molecule has 1 aliphatic heterocycles. The molecule has 4 nitrogen and oxygen atoms in total. The quantitative estimate of drug-likeness (QED) is 0.707. The number of hydrogen-bond donors (Lipinski definition) is 1. The molecule has 0 atom stereocenters. The molecule has 4 rings (SSSR count). The number of amides is 1. The summed E-state index contributed by atoms with van der Waals surface area (Å²) in [6.07, 6.45) is 0.981. The van der Waals surface area contributed by atoms with Gasteiger partial charge < -0.3 is 10.1 Å². The van der Waals surface area contributed by atoms with E-state index in [0.29, 0.717) is 0 Å². The summed E-state index contributed by atoms with van der Waals surface area (Å²) in [4.78, 5) is 15.6. The molecular weight excluding hydrogens is 340 g/mol. The molecule has 1 fully saturated rings. The summed E-state index contributed by atoms with van der Waals surface area (Å²) in [6, 6.07) is 10.4. The highest BCUT2D eigenvalue weighted by Crippen LogP contribution is 2.39. The highest BCUT2D eigenvalue weighted by atomic mass is 32.1. The van der Waals surface area contributed by atoms with Gasteiger partial charge in [0, 0.05) is 34.4 Å². The Bertz CT molecular complexity index is 849. The zero-order valence-electron chi connectivity index (χ0n) is 13.4. The molecule has 1 aromatic carbocycles. The van der Waals surface area contributed by atoms with Gasteiger partial charge >= 0.3 is 0 Å². The van der Waals surface area contributed by atoms with E-state index in [9.17, 15) is 4.79 Å². The minimum atomic E-state index is 0.0504. The van der Waals surface area contributed by atoms with Gasteiger partial charge in [0.15, 0.2) is 0 Å². The lowest BCUT2D eigenvalue weighted by atomic mass is 10.2. The number of carbonyl (C=O) groups excluding carboxylic acids is 1. The van der Waals surface area contributed by atoms with Crippen molar-refractivity contribution < 1.29 is 9.53 Å². The van der Waals surface area contributed by atoms with Crippen molar-refractivity contribution in [1.82, 2.24) is 10.2 Å². The molecule has 1 saturated heterocycles. The zero-order valence-corrected chi connectivity index (χ0v) is 15.0. The normalized spacial score (nSPS) is 16.0. The van der Waals surface area contributed by atoms with Gasteiger partial charge in [0.05, 0.1) is 22.8 Å². The number of nitrogens with zero attached hydrogens (tertiary/aromatic N) is 1. The molecule has 0 saturated carbocycles. The third-order valence-corrected chi connectivity index (χ3v) is 6.73. The monoisotopic (exact) mass is 360 g/mol. The van der Waals surface area contributed by atoms with Crippen LogP contribution in [-0.2, 0) is 4.74 Å². The molecule has 3 aromatic rings. The Hall–Kier alpha value is -1.47. The molecule has 0 unspecified atom stereocenters. The molecule has 1 amide bonds. The van der Waals surface area contributed by atoms with Gasteiger partial charge in [0.25, 0.3) is 5.91 Å². The fourth-order valence-corrected chi connectivity index (χ4v) is 5.47. The van der Waals surface area contributed by atoms with Crippen molar-refractivity contribution in [1.29, 1.82) is 0 Å². The van der Waals surface area contributed by atoms with E-state index >= 15 is 0 Å². The second kappa shape index (κ2) is 7.19. The number of rotatable bonds is 5. The molecule has 6 heteroatoms. The van der Waals surface area contributed by atoms with Gasteiger partial charge in [0.2, 0.25) is 0 Å². The maximum absolute atomic E-state index is 12.4. The van der Waals surface area contributed by atoms with E-state index in [1.807, 2.05) is 6.07 Å². The summed E-state index contributed by atoms with van der Waals surface area (Å²) < 4.78 is 9.07. The van der Waals surface area contributed by atoms with Crippen LogP contribution in [0.15, 0.2) is 30.3 Å². The van der Waals surface area contributed by atoms with Crippen molar-refractivity contribution in [3.05, 3.63) is 35.2 Å². The van der Waals surface area contributed by atoms with Crippen molar-refractivity contribution in [2.45, 2.75) is 6.42 Å². The first-order valence-corrected chi connectivity index (χ1v) is 9.94. The van der Waals surface area contributed by atoms with E-state index < -0.39 is 0 Å². The molecule has 0 spiro atoms. The highest BCUT2D eigenvalue weighted by Gasteiger charge is 2.14. The largest absolute Gasteiger partial charge is 0.379 e. The van der Waals surface area contributed by atoms with Crippen molar-refractivity contribution in [2.24, 2.45) is 0 Å². The third kappa shape index (κ3) is 3.32. The van der Waals surface area contributed by atoms with Crippen LogP contribution in [0.2, 0.25) is 0 Å². The van der Waals surface area contributed by atoms with Gasteiger partial charge in [-0.1, -0.05) is 18.2 Å². The van der Waals surface area contributed by atoms with Crippen LogP contribution in [0.5, 0.6) is 0 Å². The maximum atomic E-state index is 12.4. The summed E-state index contributed by atoms with van der Waals surface area (Å²) >= 11 is 3.36. The standard InChI is InChI=1S/C18H20N2O2S2/c21-18(19-6-3-7-20-8-10-22-11-9-20)16-12-15-17(24-16)13-4-1-2-5-14(13)23-15/h1-2,4-5,12H,3,6-11H2,(H,19,21). The SMILES string of the molecule is O=C(NCCCN1CCOCC1)c1cc2sc3ccccc3c2s1. The summed E-state index contributed by atoms with van der Waals surface area (Å²) in [6.45, 7) is 5.40. The average molecular weight is 361 g/mol. The van der Waals surface area contributed by atoms with Gasteiger partial charge in [-0.25, -0.2) is 0 Å². The predicted octanol–water partition coefficient (Wildman–Crippen LogP) is 3.57. The van der Waals surface area contributed by atoms with Crippen LogP contribution in [0.4, 0.5) is 0 Å². The van der Waals surface area contributed by atoms with Gasteiger partial charge in [-0.15, -0.1) is 22.7 Å². The lowest BCUT2D eigenvalue weighted by Gasteiger charge is -2.26. The minimum Gasteiger partial charge on any atom is -0.379 e. The predicted molar refractivity (Wildman–Crippen MR) is 101 cm³/mol. The van der Waals surface area contributed by atoms with Crippen LogP contribution < -0.4 is 5.32 Å². The smallest absolute Gasteiger partial charge is 0.261 e. The van der Waals surface area contributed by atoms with E-state index in [-0.39, 0.29) is 5.91 Å². The van der Waals surface area contributed by atoms with E-state index in [0.717, 1.165) is 50.7 Å². The molecule has 3 heterocycles. The first-order valence-electron chi connectivity index (χ1n) is 8.30.